The van der Waals surface area contributed by atoms with E-state index in [4.69, 9.17) is 0 Å². The van der Waals surface area contributed by atoms with Gasteiger partial charge >= 0.3 is 15.9 Å². The van der Waals surface area contributed by atoms with Crippen LogP contribution in [-0.4, -0.2) is 23.0 Å². The third-order valence-electron chi connectivity index (χ3n) is 2.54. The van der Waals surface area contributed by atoms with Crippen LogP contribution in [0.5, 0.6) is 0 Å². The van der Waals surface area contributed by atoms with Crippen molar-refractivity contribution < 1.29 is 12.3 Å². The van der Waals surface area contributed by atoms with Crippen LogP contribution in [0, 0.1) is 0 Å². The highest BCUT2D eigenvalue weighted by Gasteiger charge is 2.16. The van der Waals surface area contributed by atoms with E-state index >= 15 is 0 Å². The van der Waals surface area contributed by atoms with Gasteiger partial charge < -0.3 is 0 Å². The van der Waals surface area contributed by atoms with E-state index in [2.05, 4.69) is 4.98 Å². The van der Waals surface area contributed by atoms with Gasteiger partial charge in [0.25, 0.3) is 5.56 Å². The molecule has 2 heterocycles. The van der Waals surface area contributed by atoms with Crippen LogP contribution in [0.1, 0.15) is 13.3 Å². The summed E-state index contributed by atoms with van der Waals surface area (Å²) in [4.78, 5) is 28.2. The lowest BCUT2D eigenvalue weighted by molar-refractivity contribution is 0.551. The zero-order valence-corrected chi connectivity index (χ0v) is 10.7. The molecular formula is C10H10FN3O4S. The molecule has 0 atom stereocenters. The fraction of sp³-hybridized carbons (Fsp3) is 0.300. The molecule has 9 heteroatoms. The number of hydrogen-bond donors (Lipinski definition) is 1. The smallest absolute Gasteiger partial charge is 0.278 e. The molecule has 2 aromatic rings. The fourth-order valence-electron chi connectivity index (χ4n) is 1.71. The van der Waals surface area contributed by atoms with Gasteiger partial charge in [-0.15, -0.1) is 3.89 Å². The van der Waals surface area contributed by atoms with E-state index in [9.17, 15) is 21.9 Å². The van der Waals surface area contributed by atoms with Crippen LogP contribution in [0.4, 0.5) is 3.89 Å². The minimum Gasteiger partial charge on any atom is -0.278 e. The van der Waals surface area contributed by atoms with Gasteiger partial charge in [0.05, 0.1) is 11.6 Å². The van der Waals surface area contributed by atoms with E-state index in [0.717, 1.165) is 12.3 Å². The highest BCUT2D eigenvalue weighted by atomic mass is 32.3. The number of aromatic amines is 1. The van der Waals surface area contributed by atoms with Gasteiger partial charge in [0, 0.05) is 6.54 Å². The highest BCUT2D eigenvalue weighted by Crippen LogP contribution is 2.14. The van der Waals surface area contributed by atoms with Gasteiger partial charge in [-0.05, 0) is 12.5 Å². The molecule has 0 saturated carbocycles. The van der Waals surface area contributed by atoms with Crippen molar-refractivity contribution in [3.63, 3.8) is 0 Å². The molecule has 0 aliphatic rings. The molecule has 0 aromatic carbocycles. The first-order valence-corrected chi connectivity index (χ1v) is 6.80. The fourth-order valence-corrected chi connectivity index (χ4v) is 2.15. The van der Waals surface area contributed by atoms with Crippen molar-refractivity contribution >= 4 is 21.3 Å². The molecule has 0 fully saturated rings. The second-order valence-corrected chi connectivity index (χ2v) is 5.24. The third kappa shape index (κ3) is 2.41. The van der Waals surface area contributed by atoms with Crippen LogP contribution < -0.4 is 11.2 Å². The van der Waals surface area contributed by atoms with Gasteiger partial charge in [-0.1, -0.05) is 6.92 Å². The molecule has 0 spiro atoms. The lowest BCUT2D eigenvalue weighted by atomic mass is 10.3. The topological polar surface area (TPSA) is 102 Å². The van der Waals surface area contributed by atoms with Crippen molar-refractivity contribution in [2.45, 2.75) is 24.8 Å². The van der Waals surface area contributed by atoms with E-state index in [1.807, 2.05) is 11.9 Å². The Kier molecular flexibility index (Phi) is 3.23. The molecular weight excluding hydrogens is 277 g/mol. The van der Waals surface area contributed by atoms with Crippen LogP contribution >= 0.6 is 0 Å². The SMILES string of the molecule is CCCn1c(=O)[nH]c(=O)c2cc(S(=O)(=O)F)cnc21. The Labute approximate surface area is 106 Å². The molecule has 0 amide bonds. The van der Waals surface area contributed by atoms with E-state index < -0.39 is 26.4 Å². The third-order valence-corrected chi connectivity index (χ3v) is 3.32. The summed E-state index contributed by atoms with van der Waals surface area (Å²) in [6.45, 7) is 2.13. The van der Waals surface area contributed by atoms with E-state index in [-0.39, 0.29) is 11.0 Å². The van der Waals surface area contributed by atoms with E-state index in [0.29, 0.717) is 13.0 Å². The summed E-state index contributed by atoms with van der Waals surface area (Å²) < 4.78 is 35.6. The lowest BCUT2D eigenvalue weighted by Crippen LogP contribution is -2.31. The molecule has 0 radical (unpaired) electrons. The standard InChI is InChI=1S/C10H10FN3O4S/c1-2-3-14-8-7(9(15)13-10(14)16)4-6(5-12-8)19(11,17)18/h4-5H,2-3H2,1H3,(H,13,15,16). The Morgan fingerprint density at radius 2 is 2.11 bits per heavy atom. The normalized spacial score (nSPS) is 11.9. The summed E-state index contributed by atoms with van der Waals surface area (Å²) in [6.07, 6.45) is 1.40. The molecule has 19 heavy (non-hydrogen) atoms. The monoisotopic (exact) mass is 287 g/mol. The maximum atomic E-state index is 12.9. The molecule has 0 aliphatic carbocycles. The van der Waals surface area contributed by atoms with Gasteiger partial charge in [0.2, 0.25) is 0 Å². The van der Waals surface area contributed by atoms with Crippen LogP contribution in [0.3, 0.4) is 0 Å². The van der Waals surface area contributed by atoms with E-state index in [1.54, 1.807) is 0 Å². The summed E-state index contributed by atoms with van der Waals surface area (Å²) >= 11 is 0. The number of fused-ring (bicyclic) bond motifs is 1. The molecule has 2 aromatic heterocycles. The summed E-state index contributed by atoms with van der Waals surface area (Å²) in [6, 6.07) is 0.863. The van der Waals surface area contributed by atoms with Crippen LogP contribution in [0.25, 0.3) is 11.0 Å². The number of rotatable bonds is 3. The predicted molar refractivity (Wildman–Crippen MR) is 65.2 cm³/mol. The Hall–Kier alpha value is -2.03. The minimum atomic E-state index is -4.95. The molecule has 0 bridgehead atoms. The first-order valence-electron chi connectivity index (χ1n) is 5.42. The Morgan fingerprint density at radius 3 is 2.68 bits per heavy atom. The zero-order valence-electron chi connectivity index (χ0n) is 9.88. The lowest BCUT2D eigenvalue weighted by Gasteiger charge is -2.07. The van der Waals surface area contributed by atoms with Gasteiger partial charge in [-0.2, -0.15) is 8.42 Å². The summed E-state index contributed by atoms with van der Waals surface area (Å²) in [5.41, 5.74) is -1.41. The van der Waals surface area contributed by atoms with Gasteiger partial charge in [-0.3, -0.25) is 14.3 Å². The summed E-state index contributed by atoms with van der Waals surface area (Å²) in [7, 11) is -4.95. The second-order valence-electron chi connectivity index (χ2n) is 3.89. The van der Waals surface area contributed by atoms with Gasteiger partial charge in [0.15, 0.2) is 0 Å². The number of aromatic nitrogens is 3. The van der Waals surface area contributed by atoms with E-state index in [1.165, 1.54) is 4.57 Å². The Morgan fingerprint density at radius 1 is 1.42 bits per heavy atom. The maximum Gasteiger partial charge on any atom is 0.333 e. The maximum absolute atomic E-state index is 12.9. The van der Waals surface area contributed by atoms with Crippen molar-refractivity contribution in [2.75, 3.05) is 0 Å². The molecule has 1 N–H and O–H groups in total. The molecule has 7 nitrogen and oxygen atoms in total. The molecule has 0 saturated heterocycles. The molecule has 0 unspecified atom stereocenters. The van der Waals surface area contributed by atoms with Gasteiger partial charge in [-0.25, -0.2) is 9.78 Å². The first-order chi connectivity index (χ1) is 8.84. The molecule has 2 rings (SSSR count). The number of H-pyrrole nitrogens is 1. The predicted octanol–water partition coefficient (Wildman–Crippen LogP) is 0.153. The van der Waals surface area contributed by atoms with Crippen molar-refractivity contribution in [3.8, 4) is 0 Å². The average Bonchev–Trinajstić information content (AvgIpc) is 2.32. The number of nitrogens with one attached hydrogen (secondary N) is 1. The molecule has 102 valence electrons. The number of hydrogen-bond acceptors (Lipinski definition) is 5. The highest BCUT2D eigenvalue weighted by molar-refractivity contribution is 7.86. The minimum absolute atomic E-state index is 0.0306. The number of aryl methyl sites for hydroxylation is 1. The van der Waals surface area contributed by atoms with Crippen LogP contribution in [0.2, 0.25) is 0 Å². The molecule has 0 aliphatic heterocycles. The number of nitrogens with zero attached hydrogens (tertiary/aromatic N) is 2. The summed E-state index contributed by atoms with van der Waals surface area (Å²) in [5, 5.41) is -0.147. The van der Waals surface area contributed by atoms with Crippen molar-refractivity contribution in [1.82, 2.24) is 14.5 Å². The van der Waals surface area contributed by atoms with Crippen molar-refractivity contribution in [1.29, 1.82) is 0 Å². The quantitative estimate of drug-likeness (QED) is 0.810. The van der Waals surface area contributed by atoms with Crippen LogP contribution in [0.15, 0.2) is 26.7 Å². The van der Waals surface area contributed by atoms with Crippen LogP contribution in [-0.2, 0) is 16.8 Å². The van der Waals surface area contributed by atoms with Gasteiger partial charge in [0.1, 0.15) is 10.5 Å². The number of pyridine rings is 1. The second kappa shape index (κ2) is 4.57. The first kappa shape index (κ1) is 13.4. The largest absolute Gasteiger partial charge is 0.333 e. The van der Waals surface area contributed by atoms with Crippen molar-refractivity contribution in [2.24, 2.45) is 0 Å². The Bertz CT molecular complexity index is 853. The van der Waals surface area contributed by atoms with Crippen molar-refractivity contribution in [3.05, 3.63) is 33.1 Å². The zero-order chi connectivity index (χ0) is 14.2. The summed E-state index contributed by atoms with van der Waals surface area (Å²) in [5.74, 6) is 0. The Balaban J connectivity index is 2.89. The number of halogens is 1. The average molecular weight is 287 g/mol.